The number of nitrogens with two attached hydrogens (primary N) is 1. The van der Waals surface area contributed by atoms with Crippen molar-refractivity contribution < 1.29 is 18.3 Å². The first-order valence-electron chi connectivity index (χ1n) is 7.17. The molecule has 3 rings (SSSR count). The molecule has 1 aromatic carbocycles. The lowest BCUT2D eigenvalue weighted by Gasteiger charge is -2.52. The zero-order chi connectivity index (χ0) is 15.0. The van der Waals surface area contributed by atoms with Crippen LogP contribution in [0.2, 0.25) is 0 Å². The van der Waals surface area contributed by atoms with Gasteiger partial charge in [0.15, 0.2) is 11.6 Å². The van der Waals surface area contributed by atoms with Crippen molar-refractivity contribution in [3.05, 3.63) is 35.4 Å². The summed E-state index contributed by atoms with van der Waals surface area (Å²) in [6.45, 7) is 0.679. The van der Waals surface area contributed by atoms with Crippen LogP contribution in [0.5, 0.6) is 0 Å². The molecule has 4 nitrogen and oxygen atoms in total. The molecule has 3 N–H and O–H groups in total. The molecule has 1 saturated heterocycles. The first-order valence-corrected chi connectivity index (χ1v) is 7.17. The van der Waals surface area contributed by atoms with Gasteiger partial charge in [-0.05, 0) is 18.9 Å². The maximum absolute atomic E-state index is 13.5. The van der Waals surface area contributed by atoms with E-state index in [4.69, 9.17) is 10.5 Å². The molecule has 0 radical (unpaired) electrons. The highest BCUT2D eigenvalue weighted by Gasteiger charge is 2.51. The van der Waals surface area contributed by atoms with Gasteiger partial charge in [-0.2, -0.15) is 0 Å². The summed E-state index contributed by atoms with van der Waals surface area (Å²) in [5.41, 5.74) is 6.09. The smallest absolute Gasteiger partial charge is 0.224 e. The Morgan fingerprint density at radius 3 is 3.05 bits per heavy atom. The summed E-state index contributed by atoms with van der Waals surface area (Å²) in [4.78, 5) is 12.0. The minimum atomic E-state index is -0.975. The minimum Gasteiger partial charge on any atom is -0.376 e. The Morgan fingerprint density at radius 2 is 2.24 bits per heavy atom. The predicted molar refractivity (Wildman–Crippen MR) is 72.4 cm³/mol. The van der Waals surface area contributed by atoms with Crippen LogP contribution in [0.3, 0.4) is 0 Å². The highest BCUT2D eigenvalue weighted by Crippen LogP contribution is 2.36. The van der Waals surface area contributed by atoms with E-state index < -0.39 is 11.6 Å². The number of fused-ring (bicyclic) bond motifs is 1. The maximum Gasteiger partial charge on any atom is 0.224 e. The van der Waals surface area contributed by atoms with E-state index in [1.165, 1.54) is 12.1 Å². The molecule has 6 heteroatoms. The number of hydrogen-bond donors (Lipinski definition) is 2. The zero-order valence-electron chi connectivity index (χ0n) is 11.5. The number of benzene rings is 1. The van der Waals surface area contributed by atoms with Gasteiger partial charge in [0.05, 0.1) is 18.6 Å². The van der Waals surface area contributed by atoms with E-state index in [9.17, 15) is 13.6 Å². The van der Waals surface area contributed by atoms with E-state index in [-0.39, 0.29) is 42.0 Å². The van der Waals surface area contributed by atoms with Crippen molar-refractivity contribution in [3.8, 4) is 0 Å². The fraction of sp³-hybridized carbons (Fsp3) is 0.533. The Morgan fingerprint density at radius 1 is 1.43 bits per heavy atom. The Hall–Kier alpha value is -1.53. The Bertz CT molecular complexity index is 552. The third-order valence-corrected chi connectivity index (χ3v) is 4.39. The molecule has 0 spiro atoms. The third kappa shape index (κ3) is 2.65. The van der Waals surface area contributed by atoms with Crippen LogP contribution in [-0.2, 0) is 16.0 Å². The molecule has 1 heterocycles. The third-order valence-electron chi connectivity index (χ3n) is 4.39. The Balaban J connectivity index is 1.61. The first-order chi connectivity index (χ1) is 10.1. The van der Waals surface area contributed by atoms with Crippen LogP contribution in [0.15, 0.2) is 18.2 Å². The van der Waals surface area contributed by atoms with Crippen LogP contribution in [-0.4, -0.2) is 30.7 Å². The van der Waals surface area contributed by atoms with Crippen molar-refractivity contribution >= 4 is 5.91 Å². The number of nitrogens with one attached hydrogen (secondary N) is 1. The van der Waals surface area contributed by atoms with Crippen molar-refractivity contribution in [2.75, 3.05) is 6.61 Å². The Labute approximate surface area is 121 Å². The van der Waals surface area contributed by atoms with Crippen LogP contribution < -0.4 is 11.1 Å². The maximum atomic E-state index is 13.5. The van der Waals surface area contributed by atoms with E-state index >= 15 is 0 Å². The van der Waals surface area contributed by atoms with E-state index in [1.807, 2.05) is 0 Å². The summed E-state index contributed by atoms with van der Waals surface area (Å²) in [5.74, 6) is -2.00. The van der Waals surface area contributed by atoms with Crippen molar-refractivity contribution in [2.24, 2.45) is 11.7 Å². The number of ether oxygens (including phenoxy) is 1. The predicted octanol–water partition coefficient (Wildman–Crippen LogP) is 1.13. The standard InChI is InChI=1S/C15H18F2N2O2/c16-10-5-1-3-8(12(10)17)7-11(20)19-14-13(18)9-4-2-6-21-15(9)14/h1,3,5,9,13-15H,2,4,6-7,18H2,(H,19,20). The van der Waals surface area contributed by atoms with Crippen LogP contribution >= 0.6 is 0 Å². The van der Waals surface area contributed by atoms with Crippen molar-refractivity contribution in [3.63, 3.8) is 0 Å². The molecule has 1 aliphatic carbocycles. The van der Waals surface area contributed by atoms with Gasteiger partial charge in [0.1, 0.15) is 0 Å². The second-order valence-electron chi connectivity index (χ2n) is 5.70. The second-order valence-corrected chi connectivity index (χ2v) is 5.70. The highest BCUT2D eigenvalue weighted by molar-refractivity contribution is 5.79. The molecule has 2 fully saturated rings. The van der Waals surface area contributed by atoms with Gasteiger partial charge >= 0.3 is 0 Å². The van der Waals surface area contributed by atoms with Gasteiger partial charge in [-0.1, -0.05) is 12.1 Å². The summed E-state index contributed by atoms with van der Waals surface area (Å²) in [6, 6.07) is 3.45. The molecule has 114 valence electrons. The number of hydrogen-bond acceptors (Lipinski definition) is 3. The first kappa shape index (κ1) is 14.4. The molecule has 0 bridgehead atoms. The topological polar surface area (TPSA) is 64.3 Å². The number of carbonyl (C=O) groups is 1. The highest BCUT2D eigenvalue weighted by atomic mass is 19.2. The number of halogens is 2. The van der Waals surface area contributed by atoms with E-state index in [2.05, 4.69) is 5.32 Å². The number of carbonyl (C=O) groups excluding carboxylic acids is 1. The summed E-state index contributed by atoms with van der Waals surface area (Å²) >= 11 is 0. The molecule has 0 aromatic heterocycles. The quantitative estimate of drug-likeness (QED) is 0.879. The lowest BCUT2D eigenvalue weighted by atomic mass is 9.68. The monoisotopic (exact) mass is 296 g/mol. The lowest BCUT2D eigenvalue weighted by molar-refractivity contribution is -0.138. The second kappa shape index (κ2) is 5.69. The molecule has 1 aromatic rings. The van der Waals surface area contributed by atoms with Crippen LogP contribution in [0.1, 0.15) is 18.4 Å². The van der Waals surface area contributed by atoms with Gasteiger partial charge in [0.2, 0.25) is 5.91 Å². The fourth-order valence-corrected chi connectivity index (χ4v) is 3.22. The van der Waals surface area contributed by atoms with Crippen LogP contribution in [0.25, 0.3) is 0 Å². The van der Waals surface area contributed by atoms with Crippen molar-refractivity contribution in [1.29, 1.82) is 0 Å². The SMILES string of the molecule is NC1C2CCCOC2C1NC(=O)Cc1cccc(F)c1F. The van der Waals surface area contributed by atoms with Crippen molar-refractivity contribution in [2.45, 2.75) is 37.5 Å². The molecule has 2 aliphatic rings. The summed E-state index contributed by atoms with van der Waals surface area (Å²) in [7, 11) is 0. The van der Waals surface area contributed by atoms with Gasteiger partial charge in [-0.15, -0.1) is 0 Å². The van der Waals surface area contributed by atoms with Gasteiger partial charge in [0.25, 0.3) is 0 Å². The molecule has 1 amide bonds. The van der Waals surface area contributed by atoms with Crippen LogP contribution in [0, 0.1) is 17.6 Å². The average Bonchev–Trinajstić information content (AvgIpc) is 2.49. The normalized spacial score (nSPS) is 31.2. The number of amides is 1. The molecule has 21 heavy (non-hydrogen) atoms. The molecule has 4 atom stereocenters. The van der Waals surface area contributed by atoms with E-state index in [0.29, 0.717) is 6.61 Å². The van der Waals surface area contributed by atoms with Gasteiger partial charge in [-0.25, -0.2) is 8.78 Å². The number of rotatable bonds is 3. The lowest BCUT2D eigenvalue weighted by Crippen LogP contribution is -2.72. The summed E-state index contributed by atoms with van der Waals surface area (Å²) in [5, 5.41) is 2.78. The largest absolute Gasteiger partial charge is 0.376 e. The van der Waals surface area contributed by atoms with E-state index in [1.54, 1.807) is 0 Å². The molecular weight excluding hydrogens is 278 g/mol. The van der Waals surface area contributed by atoms with Crippen molar-refractivity contribution in [1.82, 2.24) is 5.32 Å². The molecule has 1 saturated carbocycles. The van der Waals surface area contributed by atoms with Gasteiger partial charge in [0, 0.05) is 24.1 Å². The fourth-order valence-electron chi connectivity index (χ4n) is 3.22. The van der Waals surface area contributed by atoms with E-state index in [0.717, 1.165) is 18.9 Å². The molecular formula is C15H18F2N2O2. The average molecular weight is 296 g/mol. The van der Waals surface area contributed by atoms with Gasteiger partial charge in [-0.3, -0.25) is 4.79 Å². The summed E-state index contributed by atoms with van der Waals surface area (Å²) in [6.07, 6.45) is 1.75. The molecule has 4 unspecified atom stereocenters. The van der Waals surface area contributed by atoms with Gasteiger partial charge < -0.3 is 15.8 Å². The summed E-state index contributed by atoms with van der Waals surface area (Å²) < 4.78 is 32.3. The molecule has 1 aliphatic heterocycles. The van der Waals surface area contributed by atoms with Crippen LogP contribution in [0.4, 0.5) is 8.78 Å². The minimum absolute atomic E-state index is 0.0431. The Kier molecular flexibility index (Phi) is 3.91. The zero-order valence-corrected chi connectivity index (χ0v) is 11.5.